The largest absolute Gasteiger partial charge is 0.369 e. The average molecular weight is 430 g/mol. The lowest BCUT2D eigenvalue weighted by Crippen LogP contribution is -2.43. The number of piperazine rings is 1. The molecule has 1 aromatic rings. The number of nitrogens with one attached hydrogen (secondary N) is 2. The first kappa shape index (κ1) is 25.1. The zero-order chi connectivity index (χ0) is 18.5. The van der Waals surface area contributed by atoms with Gasteiger partial charge in [0.25, 0.3) is 0 Å². The summed E-state index contributed by atoms with van der Waals surface area (Å²) in [6, 6.07) is 8.64. The van der Waals surface area contributed by atoms with Gasteiger partial charge in [0, 0.05) is 44.3 Å². The Morgan fingerprint density at radius 2 is 1.93 bits per heavy atom. The molecule has 6 heteroatoms. The smallest absolute Gasteiger partial charge is 0.223 e. The lowest BCUT2D eigenvalue weighted by atomic mass is 9.70. The molecule has 3 rings (SSSR count). The highest BCUT2D eigenvalue weighted by molar-refractivity contribution is 5.85. The van der Waals surface area contributed by atoms with Gasteiger partial charge in [-0.25, -0.2) is 0 Å². The van der Waals surface area contributed by atoms with Crippen LogP contribution in [0.25, 0.3) is 0 Å². The van der Waals surface area contributed by atoms with E-state index in [4.69, 9.17) is 0 Å². The average Bonchev–Trinajstić information content (AvgIpc) is 2.66. The summed E-state index contributed by atoms with van der Waals surface area (Å²) in [7, 11) is 0. The molecule has 1 aliphatic heterocycles. The van der Waals surface area contributed by atoms with Crippen molar-refractivity contribution in [3.05, 3.63) is 29.8 Å². The van der Waals surface area contributed by atoms with E-state index in [1.165, 1.54) is 24.1 Å². The molecule has 2 aliphatic rings. The minimum Gasteiger partial charge on any atom is -0.369 e. The fourth-order valence-electron chi connectivity index (χ4n) is 4.61. The van der Waals surface area contributed by atoms with Gasteiger partial charge in [0.2, 0.25) is 5.91 Å². The van der Waals surface area contributed by atoms with Gasteiger partial charge in [0.15, 0.2) is 0 Å². The first-order valence-corrected chi connectivity index (χ1v) is 10.4. The van der Waals surface area contributed by atoms with Crippen molar-refractivity contribution in [3.8, 4) is 0 Å². The Hall–Kier alpha value is -0.970. The highest BCUT2D eigenvalue weighted by Gasteiger charge is 2.35. The fraction of sp³-hybridized carbons (Fsp3) is 0.682. The normalized spacial score (nSPS) is 24.9. The Morgan fingerprint density at radius 1 is 1.21 bits per heavy atom. The van der Waals surface area contributed by atoms with Crippen LogP contribution in [0, 0.1) is 23.7 Å². The van der Waals surface area contributed by atoms with E-state index in [-0.39, 0.29) is 36.6 Å². The number of halogens is 2. The van der Waals surface area contributed by atoms with Crippen LogP contribution in [0.5, 0.6) is 0 Å². The van der Waals surface area contributed by atoms with Crippen LogP contribution >= 0.6 is 24.8 Å². The summed E-state index contributed by atoms with van der Waals surface area (Å²) in [6.07, 6.45) is 3.49. The molecule has 1 amide bonds. The number of carbonyl (C=O) groups excluding carboxylic acids is 1. The zero-order valence-corrected chi connectivity index (χ0v) is 19.1. The quantitative estimate of drug-likeness (QED) is 0.734. The molecule has 3 atom stereocenters. The molecule has 2 fully saturated rings. The van der Waals surface area contributed by atoms with Crippen LogP contribution in [0.1, 0.15) is 45.6 Å². The molecule has 1 saturated heterocycles. The van der Waals surface area contributed by atoms with Crippen LogP contribution < -0.4 is 15.5 Å². The van der Waals surface area contributed by atoms with Crippen molar-refractivity contribution in [1.82, 2.24) is 10.6 Å². The minimum atomic E-state index is 0. The molecule has 1 saturated carbocycles. The molecule has 28 heavy (non-hydrogen) atoms. The molecule has 0 spiro atoms. The number of benzene rings is 1. The van der Waals surface area contributed by atoms with Gasteiger partial charge >= 0.3 is 0 Å². The summed E-state index contributed by atoms with van der Waals surface area (Å²) in [4.78, 5) is 15.3. The number of hydrogen-bond donors (Lipinski definition) is 2. The number of amides is 1. The molecule has 1 aliphatic carbocycles. The van der Waals surface area contributed by atoms with Crippen LogP contribution in [0.2, 0.25) is 0 Å². The molecular weight excluding hydrogens is 393 g/mol. The van der Waals surface area contributed by atoms with Crippen molar-refractivity contribution >= 4 is 36.4 Å². The molecule has 160 valence electrons. The number of nitrogens with zero attached hydrogens (tertiary/aromatic N) is 1. The maximum absolute atomic E-state index is 12.9. The van der Waals surface area contributed by atoms with Crippen molar-refractivity contribution in [2.45, 2.75) is 46.6 Å². The summed E-state index contributed by atoms with van der Waals surface area (Å²) in [5.41, 5.74) is 2.46. The lowest BCUT2D eigenvalue weighted by Gasteiger charge is -2.36. The summed E-state index contributed by atoms with van der Waals surface area (Å²) in [5.74, 6) is 2.20. The molecule has 0 unspecified atom stereocenters. The second-order valence-corrected chi connectivity index (χ2v) is 8.56. The van der Waals surface area contributed by atoms with Crippen LogP contribution in [-0.2, 0) is 11.3 Å². The van der Waals surface area contributed by atoms with E-state index in [0.29, 0.717) is 24.3 Å². The van der Waals surface area contributed by atoms with Crippen molar-refractivity contribution in [2.75, 3.05) is 31.1 Å². The molecule has 0 aromatic heterocycles. The third-order valence-corrected chi connectivity index (χ3v) is 6.22. The fourth-order valence-corrected chi connectivity index (χ4v) is 4.61. The van der Waals surface area contributed by atoms with E-state index in [2.05, 4.69) is 60.6 Å². The van der Waals surface area contributed by atoms with Crippen molar-refractivity contribution in [2.24, 2.45) is 23.7 Å². The SMILES string of the molecule is CC(C)[C@@H]1CC[C@@H](C)C[C@H]1C(=O)NCc1cccc(N2CCNCC2)c1.Cl.Cl. The lowest BCUT2D eigenvalue weighted by molar-refractivity contribution is -0.129. The zero-order valence-electron chi connectivity index (χ0n) is 17.4. The topological polar surface area (TPSA) is 44.4 Å². The van der Waals surface area contributed by atoms with E-state index < -0.39 is 0 Å². The summed E-state index contributed by atoms with van der Waals surface area (Å²) in [6.45, 7) is 11.6. The molecule has 0 radical (unpaired) electrons. The van der Waals surface area contributed by atoms with Gasteiger partial charge in [0.05, 0.1) is 0 Å². The maximum atomic E-state index is 12.9. The Balaban J connectivity index is 0.00000196. The summed E-state index contributed by atoms with van der Waals surface area (Å²) >= 11 is 0. The van der Waals surface area contributed by atoms with E-state index in [9.17, 15) is 4.79 Å². The van der Waals surface area contributed by atoms with Crippen molar-refractivity contribution in [3.63, 3.8) is 0 Å². The van der Waals surface area contributed by atoms with Gasteiger partial charge in [-0.3, -0.25) is 4.79 Å². The molecule has 1 aromatic carbocycles. The van der Waals surface area contributed by atoms with Crippen LogP contribution in [0.3, 0.4) is 0 Å². The number of hydrogen-bond acceptors (Lipinski definition) is 3. The number of anilines is 1. The molecular formula is C22H37Cl2N3O. The second-order valence-electron chi connectivity index (χ2n) is 8.56. The van der Waals surface area contributed by atoms with Gasteiger partial charge in [0.1, 0.15) is 0 Å². The maximum Gasteiger partial charge on any atom is 0.223 e. The summed E-state index contributed by atoms with van der Waals surface area (Å²) < 4.78 is 0. The van der Waals surface area contributed by atoms with E-state index in [0.717, 1.165) is 32.6 Å². The highest BCUT2D eigenvalue weighted by Crippen LogP contribution is 2.38. The predicted molar refractivity (Wildman–Crippen MR) is 123 cm³/mol. The Kier molecular flexibility index (Phi) is 10.6. The van der Waals surface area contributed by atoms with Crippen LogP contribution in [0.4, 0.5) is 5.69 Å². The van der Waals surface area contributed by atoms with E-state index >= 15 is 0 Å². The molecule has 4 nitrogen and oxygen atoms in total. The van der Waals surface area contributed by atoms with Gasteiger partial charge in [-0.15, -0.1) is 24.8 Å². The van der Waals surface area contributed by atoms with Crippen molar-refractivity contribution < 1.29 is 4.79 Å². The summed E-state index contributed by atoms with van der Waals surface area (Å²) in [5, 5.41) is 6.63. The third-order valence-electron chi connectivity index (χ3n) is 6.22. The van der Waals surface area contributed by atoms with E-state index in [1.54, 1.807) is 0 Å². The standard InChI is InChI=1S/C22H35N3O.2ClH/c1-16(2)20-8-7-17(3)13-21(20)22(26)24-15-18-5-4-6-19(14-18)25-11-9-23-10-12-25;;/h4-6,14,16-17,20-21,23H,7-13,15H2,1-3H3,(H,24,26);2*1H/t17-,20+,21-;;/m1../s1. The van der Waals surface area contributed by atoms with Gasteiger partial charge in [-0.2, -0.15) is 0 Å². The Labute approximate surface area is 183 Å². The van der Waals surface area contributed by atoms with Gasteiger partial charge < -0.3 is 15.5 Å². The second kappa shape index (κ2) is 11.9. The van der Waals surface area contributed by atoms with Gasteiger partial charge in [-0.1, -0.05) is 39.3 Å². The first-order valence-electron chi connectivity index (χ1n) is 10.4. The van der Waals surface area contributed by atoms with Gasteiger partial charge in [-0.05, 0) is 48.3 Å². The van der Waals surface area contributed by atoms with Crippen LogP contribution in [-0.4, -0.2) is 32.1 Å². The predicted octanol–water partition coefficient (Wildman–Crippen LogP) is 4.26. The number of carbonyl (C=O) groups is 1. The van der Waals surface area contributed by atoms with E-state index in [1.807, 2.05) is 0 Å². The molecule has 2 N–H and O–H groups in total. The Bertz CT molecular complexity index is 605. The minimum absolute atomic E-state index is 0. The number of rotatable bonds is 5. The van der Waals surface area contributed by atoms with Crippen LogP contribution in [0.15, 0.2) is 24.3 Å². The van der Waals surface area contributed by atoms with Crippen molar-refractivity contribution in [1.29, 1.82) is 0 Å². The first-order chi connectivity index (χ1) is 12.5. The molecule has 0 bridgehead atoms. The third kappa shape index (κ3) is 6.53. The monoisotopic (exact) mass is 429 g/mol. The Morgan fingerprint density at radius 3 is 2.61 bits per heavy atom. The molecule has 1 heterocycles. The highest BCUT2D eigenvalue weighted by atomic mass is 35.5.